The maximum absolute atomic E-state index is 9.65. The third-order valence-corrected chi connectivity index (χ3v) is 3.39. The Morgan fingerprint density at radius 1 is 1.00 bits per heavy atom. The molecule has 0 spiro atoms. The number of hydrogen-bond donors (Lipinski definition) is 2. The van der Waals surface area contributed by atoms with Crippen molar-refractivity contribution in [1.29, 1.82) is 0 Å². The summed E-state index contributed by atoms with van der Waals surface area (Å²) in [4.78, 5) is 0. The maximum Gasteiger partial charge on any atom is 0.161 e. The number of methoxy groups -OCH3 is 2. The summed E-state index contributed by atoms with van der Waals surface area (Å²) in [6.07, 6.45) is 0. The Hall–Kier alpha value is -2.20. The van der Waals surface area contributed by atoms with E-state index in [0.29, 0.717) is 11.5 Å². The van der Waals surface area contributed by atoms with Gasteiger partial charge in [0, 0.05) is 5.69 Å². The highest BCUT2D eigenvalue weighted by molar-refractivity contribution is 5.49. The van der Waals surface area contributed by atoms with Gasteiger partial charge in [-0.1, -0.05) is 23.8 Å². The second-order valence-electron chi connectivity index (χ2n) is 4.86. The third-order valence-electron chi connectivity index (χ3n) is 3.39. The summed E-state index contributed by atoms with van der Waals surface area (Å²) in [7, 11) is 3.20. The van der Waals surface area contributed by atoms with Crippen LogP contribution >= 0.6 is 0 Å². The zero-order valence-electron chi connectivity index (χ0n) is 12.6. The predicted octanol–water partition coefficient (Wildman–Crippen LogP) is 3.16. The fourth-order valence-electron chi connectivity index (χ4n) is 2.15. The van der Waals surface area contributed by atoms with Crippen LogP contribution in [0.1, 0.15) is 17.2 Å². The first-order valence-corrected chi connectivity index (χ1v) is 6.84. The molecule has 4 heteroatoms. The van der Waals surface area contributed by atoms with Crippen LogP contribution in [0.3, 0.4) is 0 Å². The molecule has 2 N–H and O–H groups in total. The molecular weight excluding hydrogens is 266 g/mol. The molecule has 112 valence electrons. The monoisotopic (exact) mass is 287 g/mol. The topological polar surface area (TPSA) is 50.7 Å². The van der Waals surface area contributed by atoms with Crippen LogP contribution in [0.2, 0.25) is 0 Å². The van der Waals surface area contributed by atoms with Crippen molar-refractivity contribution in [1.82, 2.24) is 0 Å². The van der Waals surface area contributed by atoms with E-state index in [1.165, 1.54) is 5.56 Å². The van der Waals surface area contributed by atoms with Crippen molar-refractivity contribution < 1.29 is 14.6 Å². The number of hydrogen-bond acceptors (Lipinski definition) is 4. The third kappa shape index (κ3) is 3.67. The van der Waals surface area contributed by atoms with Gasteiger partial charge in [0.15, 0.2) is 11.5 Å². The number of benzene rings is 2. The summed E-state index contributed by atoms with van der Waals surface area (Å²) in [5.41, 5.74) is 3.11. The molecule has 0 saturated carbocycles. The van der Waals surface area contributed by atoms with E-state index in [0.717, 1.165) is 11.3 Å². The lowest BCUT2D eigenvalue weighted by Crippen LogP contribution is -2.15. The number of aryl methyl sites for hydroxylation is 1. The smallest absolute Gasteiger partial charge is 0.161 e. The molecule has 0 fully saturated rings. The van der Waals surface area contributed by atoms with E-state index < -0.39 is 0 Å². The van der Waals surface area contributed by atoms with Crippen molar-refractivity contribution in [2.24, 2.45) is 0 Å². The lowest BCUT2D eigenvalue weighted by atomic mass is 10.1. The quantitative estimate of drug-likeness (QED) is 0.857. The number of ether oxygens (including phenoxy) is 2. The van der Waals surface area contributed by atoms with E-state index in [9.17, 15) is 5.11 Å². The molecule has 0 saturated heterocycles. The minimum absolute atomic E-state index is 0.0106. The predicted molar refractivity (Wildman–Crippen MR) is 84.2 cm³/mol. The van der Waals surface area contributed by atoms with Crippen molar-refractivity contribution in [3.63, 3.8) is 0 Å². The molecule has 4 nitrogen and oxygen atoms in total. The van der Waals surface area contributed by atoms with Crippen LogP contribution in [0.5, 0.6) is 11.5 Å². The number of aliphatic hydroxyl groups excluding tert-OH is 1. The van der Waals surface area contributed by atoms with Gasteiger partial charge in [-0.05, 0) is 36.8 Å². The van der Waals surface area contributed by atoms with Crippen molar-refractivity contribution in [3.8, 4) is 11.5 Å². The molecule has 0 aromatic heterocycles. The van der Waals surface area contributed by atoms with Gasteiger partial charge in [0.05, 0.1) is 26.9 Å². The summed E-state index contributed by atoms with van der Waals surface area (Å²) in [5, 5.41) is 13.0. The lowest BCUT2D eigenvalue weighted by molar-refractivity contribution is 0.275. The first kappa shape index (κ1) is 15.2. The molecule has 0 radical (unpaired) electrons. The summed E-state index contributed by atoms with van der Waals surface area (Å²) < 4.78 is 10.5. The molecule has 1 unspecified atom stereocenters. The molecule has 1 atom stereocenters. The average molecular weight is 287 g/mol. The Morgan fingerprint density at radius 2 is 1.67 bits per heavy atom. The Kier molecular flexibility index (Phi) is 5.06. The summed E-state index contributed by atoms with van der Waals surface area (Å²) >= 11 is 0. The number of rotatable bonds is 6. The molecule has 0 aliphatic heterocycles. The van der Waals surface area contributed by atoms with Gasteiger partial charge >= 0.3 is 0 Å². The van der Waals surface area contributed by atoms with E-state index in [1.54, 1.807) is 14.2 Å². The highest BCUT2D eigenvalue weighted by atomic mass is 16.5. The van der Waals surface area contributed by atoms with Gasteiger partial charge in [-0.2, -0.15) is 0 Å². The second kappa shape index (κ2) is 6.99. The minimum atomic E-state index is -0.201. The van der Waals surface area contributed by atoms with Crippen molar-refractivity contribution in [3.05, 3.63) is 53.6 Å². The van der Waals surface area contributed by atoms with Crippen LogP contribution in [-0.4, -0.2) is 25.9 Å². The SMILES string of the molecule is COc1ccc(C(CO)Nc2ccc(C)cc2)cc1OC. The van der Waals surface area contributed by atoms with Gasteiger partial charge in [0.1, 0.15) is 0 Å². The van der Waals surface area contributed by atoms with Crippen LogP contribution in [0.25, 0.3) is 0 Å². The first-order valence-electron chi connectivity index (χ1n) is 6.84. The Morgan fingerprint density at radius 3 is 2.24 bits per heavy atom. The van der Waals surface area contributed by atoms with Gasteiger partial charge in [0.2, 0.25) is 0 Å². The number of anilines is 1. The molecule has 2 rings (SSSR count). The van der Waals surface area contributed by atoms with E-state index >= 15 is 0 Å². The average Bonchev–Trinajstić information content (AvgIpc) is 2.53. The molecule has 0 aliphatic carbocycles. The van der Waals surface area contributed by atoms with Crippen LogP contribution in [-0.2, 0) is 0 Å². The summed E-state index contributed by atoms with van der Waals surface area (Å²) in [6, 6.07) is 13.5. The summed E-state index contributed by atoms with van der Waals surface area (Å²) in [5.74, 6) is 1.33. The molecule has 2 aromatic rings. The second-order valence-corrected chi connectivity index (χ2v) is 4.86. The van der Waals surface area contributed by atoms with E-state index in [1.807, 2.05) is 49.4 Å². The van der Waals surface area contributed by atoms with E-state index in [4.69, 9.17) is 9.47 Å². The first-order chi connectivity index (χ1) is 10.2. The van der Waals surface area contributed by atoms with Gasteiger partial charge < -0.3 is 19.9 Å². The lowest BCUT2D eigenvalue weighted by Gasteiger charge is -2.19. The number of aliphatic hydroxyl groups is 1. The maximum atomic E-state index is 9.65. The van der Waals surface area contributed by atoms with Crippen LogP contribution < -0.4 is 14.8 Å². The largest absolute Gasteiger partial charge is 0.493 e. The van der Waals surface area contributed by atoms with Crippen LogP contribution in [0, 0.1) is 6.92 Å². The van der Waals surface area contributed by atoms with Gasteiger partial charge in [-0.25, -0.2) is 0 Å². The molecule has 21 heavy (non-hydrogen) atoms. The molecule has 0 heterocycles. The highest BCUT2D eigenvalue weighted by Crippen LogP contribution is 2.31. The van der Waals surface area contributed by atoms with E-state index in [2.05, 4.69) is 5.32 Å². The molecular formula is C17H21NO3. The van der Waals surface area contributed by atoms with Crippen molar-refractivity contribution >= 4 is 5.69 Å². The zero-order chi connectivity index (χ0) is 15.2. The van der Waals surface area contributed by atoms with Crippen molar-refractivity contribution in [2.75, 3.05) is 26.1 Å². The van der Waals surface area contributed by atoms with Crippen LogP contribution in [0.4, 0.5) is 5.69 Å². The van der Waals surface area contributed by atoms with E-state index in [-0.39, 0.29) is 12.6 Å². The standard InChI is InChI=1S/C17H21NO3/c1-12-4-7-14(8-5-12)18-15(11-19)13-6-9-16(20-2)17(10-13)21-3/h4-10,15,18-19H,11H2,1-3H3. The molecule has 2 aromatic carbocycles. The zero-order valence-corrected chi connectivity index (χ0v) is 12.6. The van der Waals surface area contributed by atoms with Crippen molar-refractivity contribution in [2.45, 2.75) is 13.0 Å². The normalized spacial score (nSPS) is 11.8. The minimum Gasteiger partial charge on any atom is -0.493 e. The fraction of sp³-hybridized carbons (Fsp3) is 0.294. The molecule has 0 bridgehead atoms. The fourth-order valence-corrected chi connectivity index (χ4v) is 2.15. The Labute approximate surface area is 125 Å². The Bertz CT molecular complexity index is 581. The van der Waals surface area contributed by atoms with Gasteiger partial charge in [0.25, 0.3) is 0 Å². The Balaban J connectivity index is 2.22. The molecule has 0 aliphatic rings. The van der Waals surface area contributed by atoms with Gasteiger partial charge in [-0.15, -0.1) is 0 Å². The summed E-state index contributed by atoms with van der Waals surface area (Å²) in [6.45, 7) is 2.03. The molecule has 0 amide bonds. The van der Waals surface area contributed by atoms with Crippen LogP contribution in [0.15, 0.2) is 42.5 Å². The number of nitrogens with one attached hydrogen (secondary N) is 1. The van der Waals surface area contributed by atoms with Gasteiger partial charge in [-0.3, -0.25) is 0 Å². The highest BCUT2D eigenvalue weighted by Gasteiger charge is 2.13.